The lowest BCUT2D eigenvalue weighted by atomic mass is 10.2. The van der Waals surface area contributed by atoms with Crippen molar-refractivity contribution in [1.29, 1.82) is 0 Å². The minimum absolute atomic E-state index is 0.0195. The number of nitrogens with zero attached hydrogens (tertiary/aromatic N) is 2. The fourth-order valence-electron chi connectivity index (χ4n) is 3.90. The molecule has 4 rings (SSSR count). The minimum atomic E-state index is -4.17. The molecule has 3 aromatic rings. The molecule has 0 atom stereocenters. The van der Waals surface area contributed by atoms with Crippen molar-refractivity contribution in [2.24, 2.45) is 0 Å². The molecule has 0 bridgehead atoms. The number of hydrogen-bond donors (Lipinski definition) is 0. The molecule has 0 aliphatic carbocycles. The zero-order valence-electron chi connectivity index (χ0n) is 18.5. The van der Waals surface area contributed by atoms with Crippen molar-refractivity contribution in [2.45, 2.75) is 43.1 Å². The highest BCUT2D eigenvalue weighted by atomic mass is 32.2. The lowest BCUT2D eigenvalue weighted by molar-refractivity contribution is -0.117. The monoisotopic (exact) mass is 484 g/mol. The van der Waals surface area contributed by atoms with Crippen LogP contribution in [0.1, 0.15) is 24.5 Å². The van der Waals surface area contributed by atoms with Crippen LogP contribution in [0, 0.1) is 13.8 Å². The molecule has 1 aliphatic heterocycles. The van der Waals surface area contributed by atoms with E-state index < -0.39 is 26.2 Å². The molecule has 1 aliphatic rings. The van der Waals surface area contributed by atoms with E-state index in [1.54, 1.807) is 48.5 Å². The summed E-state index contributed by atoms with van der Waals surface area (Å²) in [6, 6.07) is 19.0. The van der Waals surface area contributed by atoms with Crippen LogP contribution in [0.15, 0.2) is 82.6 Å². The summed E-state index contributed by atoms with van der Waals surface area (Å²) in [5.41, 5.74) is 2.19. The van der Waals surface area contributed by atoms with Crippen LogP contribution in [0.5, 0.6) is 0 Å². The van der Waals surface area contributed by atoms with Gasteiger partial charge in [-0.1, -0.05) is 47.5 Å². The number of ketones is 1. The van der Waals surface area contributed by atoms with E-state index >= 15 is 0 Å². The maximum Gasteiger partial charge on any atom is 0.266 e. The molecule has 172 valence electrons. The second kappa shape index (κ2) is 8.31. The fourth-order valence-corrected chi connectivity index (χ4v) is 7.18. The second-order valence-corrected chi connectivity index (χ2v) is 11.7. The van der Waals surface area contributed by atoms with Crippen LogP contribution in [0.3, 0.4) is 0 Å². The van der Waals surface area contributed by atoms with Gasteiger partial charge in [-0.3, -0.25) is 4.79 Å². The number of para-hydroxylation sites is 2. The standard InChI is InChI=1S/C24H24N2O5S2/c1-17-8-12-20(13-9-17)32(28,29)25-22-6-4-5-7-23(22)26(24(25)16-19(3)27)33(30,31)21-14-10-18(2)11-15-21/h4-15,24H,16H2,1-3H3. The predicted molar refractivity (Wildman–Crippen MR) is 127 cm³/mol. The topological polar surface area (TPSA) is 91.8 Å². The third kappa shape index (κ3) is 4.02. The average Bonchev–Trinajstić information content (AvgIpc) is 3.08. The first-order valence-corrected chi connectivity index (χ1v) is 13.2. The van der Waals surface area contributed by atoms with E-state index in [-0.39, 0.29) is 33.4 Å². The van der Waals surface area contributed by atoms with Gasteiger partial charge in [0.1, 0.15) is 11.9 Å². The smallest absolute Gasteiger partial charge is 0.266 e. The predicted octanol–water partition coefficient (Wildman–Crippen LogP) is 4.01. The highest BCUT2D eigenvalue weighted by Gasteiger charge is 2.48. The Hall–Kier alpha value is -3.17. The Kier molecular flexibility index (Phi) is 5.79. The number of carbonyl (C=O) groups is 1. The van der Waals surface area contributed by atoms with E-state index in [0.29, 0.717) is 0 Å². The van der Waals surface area contributed by atoms with E-state index in [1.807, 2.05) is 13.8 Å². The van der Waals surface area contributed by atoms with Gasteiger partial charge in [0, 0.05) is 6.42 Å². The largest absolute Gasteiger partial charge is 0.300 e. The van der Waals surface area contributed by atoms with Gasteiger partial charge in [-0.15, -0.1) is 0 Å². The summed E-state index contributed by atoms with van der Waals surface area (Å²) >= 11 is 0. The SMILES string of the molecule is CC(=O)CC1N(S(=O)(=O)c2ccc(C)cc2)c2ccccc2N1S(=O)(=O)c1ccc(C)cc1. The molecule has 0 fully saturated rings. The number of sulfonamides is 2. The van der Waals surface area contributed by atoms with Crippen molar-refractivity contribution < 1.29 is 21.6 Å². The molecule has 0 saturated heterocycles. The van der Waals surface area contributed by atoms with E-state index in [2.05, 4.69) is 0 Å². The van der Waals surface area contributed by atoms with Gasteiger partial charge in [0.25, 0.3) is 20.0 Å². The van der Waals surface area contributed by atoms with Gasteiger partial charge in [-0.2, -0.15) is 0 Å². The number of fused-ring (bicyclic) bond motifs is 1. The number of rotatable bonds is 6. The molecule has 0 radical (unpaired) electrons. The van der Waals surface area contributed by atoms with Crippen molar-refractivity contribution in [2.75, 3.05) is 8.61 Å². The first kappa shape index (κ1) is 23.0. The molecular formula is C24H24N2O5S2. The quantitative estimate of drug-likeness (QED) is 0.527. The molecule has 0 saturated carbocycles. The highest BCUT2D eigenvalue weighted by molar-refractivity contribution is 7.94. The number of benzene rings is 3. The third-order valence-electron chi connectivity index (χ3n) is 5.52. The average molecular weight is 485 g/mol. The van der Waals surface area contributed by atoms with Gasteiger partial charge in [0.05, 0.1) is 21.2 Å². The van der Waals surface area contributed by atoms with Crippen LogP contribution in [0.4, 0.5) is 11.4 Å². The second-order valence-electron chi connectivity index (χ2n) is 8.10. The zero-order chi connectivity index (χ0) is 24.0. The number of Topliss-reactive ketones (excluding diaryl/α,β-unsaturated/α-hetero) is 1. The van der Waals surface area contributed by atoms with Crippen molar-refractivity contribution >= 4 is 37.2 Å². The van der Waals surface area contributed by atoms with E-state index in [9.17, 15) is 21.6 Å². The van der Waals surface area contributed by atoms with Gasteiger partial charge < -0.3 is 0 Å². The highest BCUT2D eigenvalue weighted by Crippen LogP contribution is 2.46. The summed E-state index contributed by atoms with van der Waals surface area (Å²) in [5.74, 6) is -0.332. The number of carbonyl (C=O) groups excluding carboxylic acids is 1. The van der Waals surface area contributed by atoms with Crippen molar-refractivity contribution in [3.05, 3.63) is 83.9 Å². The normalized spacial score (nSPS) is 14.4. The van der Waals surface area contributed by atoms with Crippen LogP contribution in [-0.2, 0) is 24.8 Å². The Morgan fingerprint density at radius 1 is 0.697 bits per heavy atom. The van der Waals surface area contributed by atoms with Gasteiger partial charge >= 0.3 is 0 Å². The van der Waals surface area contributed by atoms with Crippen molar-refractivity contribution in [1.82, 2.24) is 0 Å². The van der Waals surface area contributed by atoms with Crippen molar-refractivity contribution in [3.63, 3.8) is 0 Å². The Bertz CT molecular complexity index is 1310. The number of aryl methyl sites for hydroxylation is 2. The van der Waals surface area contributed by atoms with Crippen LogP contribution in [0.2, 0.25) is 0 Å². The Labute approximate surface area is 194 Å². The molecule has 0 aromatic heterocycles. The molecule has 0 spiro atoms. The maximum absolute atomic E-state index is 13.7. The van der Waals surface area contributed by atoms with Crippen LogP contribution in [-0.4, -0.2) is 28.8 Å². The molecule has 0 N–H and O–H groups in total. The first-order chi connectivity index (χ1) is 15.5. The molecule has 33 heavy (non-hydrogen) atoms. The first-order valence-electron chi connectivity index (χ1n) is 10.3. The van der Waals surface area contributed by atoms with Crippen LogP contribution >= 0.6 is 0 Å². The van der Waals surface area contributed by atoms with Gasteiger partial charge in [-0.25, -0.2) is 25.4 Å². The lowest BCUT2D eigenvalue weighted by Gasteiger charge is -2.31. The minimum Gasteiger partial charge on any atom is -0.300 e. The van der Waals surface area contributed by atoms with E-state index in [0.717, 1.165) is 19.7 Å². The molecule has 9 heteroatoms. The maximum atomic E-state index is 13.7. The molecule has 0 unspecified atom stereocenters. The Balaban J connectivity index is 1.94. The fraction of sp³-hybridized carbons (Fsp3) is 0.208. The summed E-state index contributed by atoms with van der Waals surface area (Å²) in [6.07, 6.45) is -1.57. The Morgan fingerprint density at radius 2 is 1.06 bits per heavy atom. The van der Waals surface area contributed by atoms with Crippen LogP contribution < -0.4 is 8.61 Å². The summed E-state index contributed by atoms with van der Waals surface area (Å²) in [5, 5.41) is 0. The van der Waals surface area contributed by atoms with E-state index in [4.69, 9.17) is 0 Å². The molecular weight excluding hydrogens is 460 g/mol. The van der Waals surface area contributed by atoms with Gasteiger partial charge in [-0.05, 0) is 57.2 Å². The number of anilines is 2. The zero-order valence-corrected chi connectivity index (χ0v) is 20.1. The summed E-state index contributed by atoms with van der Waals surface area (Å²) in [6.45, 7) is 5.00. The molecule has 0 amide bonds. The summed E-state index contributed by atoms with van der Waals surface area (Å²) in [4.78, 5) is 12.3. The summed E-state index contributed by atoms with van der Waals surface area (Å²) in [7, 11) is -8.34. The van der Waals surface area contributed by atoms with Crippen molar-refractivity contribution in [3.8, 4) is 0 Å². The van der Waals surface area contributed by atoms with E-state index in [1.165, 1.54) is 31.2 Å². The molecule has 1 heterocycles. The lowest BCUT2D eigenvalue weighted by Crippen LogP contribution is -2.49. The molecule has 3 aromatic carbocycles. The molecule has 7 nitrogen and oxygen atoms in total. The number of hydrogen-bond acceptors (Lipinski definition) is 5. The summed E-state index contributed by atoms with van der Waals surface area (Å²) < 4.78 is 57.1. The van der Waals surface area contributed by atoms with Gasteiger partial charge in [0.15, 0.2) is 0 Å². The van der Waals surface area contributed by atoms with Gasteiger partial charge in [0.2, 0.25) is 0 Å². The third-order valence-corrected chi connectivity index (χ3v) is 9.18. The Morgan fingerprint density at radius 3 is 1.39 bits per heavy atom. The van der Waals surface area contributed by atoms with Crippen LogP contribution in [0.25, 0.3) is 0 Å².